The van der Waals surface area contributed by atoms with Crippen molar-refractivity contribution in [3.05, 3.63) is 0 Å². The van der Waals surface area contributed by atoms with Crippen molar-refractivity contribution >= 4 is 0 Å². The van der Waals surface area contributed by atoms with Crippen LogP contribution < -0.4 is 0 Å². The first-order valence-corrected chi connectivity index (χ1v) is 2.45. The molecule has 0 aromatic rings. The molecule has 0 aliphatic carbocycles. The summed E-state index contributed by atoms with van der Waals surface area (Å²) in [4.78, 5) is 1.97. The number of aliphatic hydroxyl groups is 1. The fourth-order valence-corrected chi connectivity index (χ4v) is 0.163. The van der Waals surface area contributed by atoms with E-state index in [4.69, 9.17) is 5.11 Å². The van der Waals surface area contributed by atoms with Crippen LogP contribution in [0.2, 0.25) is 0 Å². The van der Waals surface area contributed by atoms with E-state index in [0.717, 1.165) is 0 Å². The van der Waals surface area contributed by atoms with Gasteiger partial charge in [0.25, 0.3) is 0 Å². The van der Waals surface area contributed by atoms with E-state index in [0.29, 0.717) is 6.04 Å². The molecule has 0 bridgehead atoms. The predicted octanol–water partition coefficient (Wildman–Crippen LogP) is -0.0712. The highest BCUT2D eigenvalue weighted by atomic mass is 16.3. The maximum Gasteiger partial charge on any atom is 0.0583 e. The second-order valence-corrected chi connectivity index (χ2v) is 2.00. The Labute approximate surface area is 44.8 Å². The van der Waals surface area contributed by atoms with E-state index in [1.807, 2.05) is 25.9 Å². The molecule has 0 heterocycles. The molecule has 44 valence electrons. The summed E-state index contributed by atoms with van der Waals surface area (Å²) < 4.78 is 0. The zero-order valence-electron chi connectivity index (χ0n) is 5.18. The van der Waals surface area contributed by atoms with E-state index < -0.39 is 0 Å². The lowest BCUT2D eigenvalue weighted by molar-refractivity contribution is 0.182. The van der Waals surface area contributed by atoms with E-state index in [1.165, 1.54) is 0 Å². The molecule has 0 radical (unpaired) electrons. The molecule has 2 heteroatoms. The molecule has 0 aliphatic rings. The smallest absolute Gasteiger partial charge is 0.0583 e. The van der Waals surface area contributed by atoms with E-state index in [9.17, 15) is 0 Å². The molecule has 0 aliphatic heterocycles. The van der Waals surface area contributed by atoms with Gasteiger partial charge in [0, 0.05) is 6.04 Å². The molecule has 0 rings (SSSR count). The molecule has 0 aromatic carbocycles. The zero-order chi connectivity index (χ0) is 5.86. The highest BCUT2D eigenvalue weighted by molar-refractivity contribution is 4.53. The van der Waals surface area contributed by atoms with Crippen LogP contribution in [0.4, 0.5) is 0 Å². The van der Waals surface area contributed by atoms with Gasteiger partial charge in [0.2, 0.25) is 0 Å². The summed E-state index contributed by atoms with van der Waals surface area (Å²) in [6, 6.07) is 0.292. The second kappa shape index (κ2) is 2.99. The molecule has 0 saturated heterocycles. The first-order chi connectivity index (χ1) is 3.18. The lowest BCUT2D eigenvalue weighted by Gasteiger charge is -2.15. The Morgan fingerprint density at radius 3 is 2.00 bits per heavy atom. The van der Waals surface area contributed by atoms with Gasteiger partial charge in [-0.1, -0.05) is 0 Å². The Hall–Kier alpha value is -0.0800. The van der Waals surface area contributed by atoms with Crippen LogP contribution in [0.1, 0.15) is 6.92 Å². The predicted molar refractivity (Wildman–Crippen MR) is 30.2 cm³/mol. The molecule has 7 heavy (non-hydrogen) atoms. The average Bonchev–Trinajstić information content (AvgIpc) is 1.65. The van der Waals surface area contributed by atoms with Crippen LogP contribution in [0.5, 0.6) is 0 Å². The molecule has 1 atom stereocenters. The minimum atomic E-state index is 0.243. The standard InChI is InChI=1S/C5H13NO/c1-5(4-7)6(2)3/h5,7H,4H2,1-3H3/t5-/m1/s1. The van der Waals surface area contributed by atoms with Gasteiger partial charge in [-0.2, -0.15) is 0 Å². The third-order valence-corrected chi connectivity index (χ3v) is 1.15. The van der Waals surface area contributed by atoms with Gasteiger partial charge in [-0.3, -0.25) is 0 Å². The lowest BCUT2D eigenvalue weighted by Crippen LogP contribution is -2.27. The van der Waals surface area contributed by atoms with Gasteiger partial charge < -0.3 is 10.0 Å². The minimum Gasteiger partial charge on any atom is -0.395 e. The quantitative estimate of drug-likeness (QED) is 0.529. The monoisotopic (exact) mass is 103 g/mol. The van der Waals surface area contributed by atoms with Crippen molar-refractivity contribution in [3.8, 4) is 0 Å². The highest BCUT2D eigenvalue weighted by Crippen LogP contribution is 1.85. The number of rotatable bonds is 2. The molecule has 2 nitrogen and oxygen atoms in total. The normalized spacial score (nSPS) is 15.0. The van der Waals surface area contributed by atoms with Gasteiger partial charge in [0.1, 0.15) is 0 Å². The van der Waals surface area contributed by atoms with Gasteiger partial charge in [0.05, 0.1) is 6.61 Å². The molecule has 1 N–H and O–H groups in total. The van der Waals surface area contributed by atoms with Crippen molar-refractivity contribution in [1.82, 2.24) is 4.90 Å². The molecule has 0 fully saturated rings. The SMILES string of the molecule is C[C@H](CO)N(C)C. The highest BCUT2D eigenvalue weighted by Gasteiger charge is 1.98. The van der Waals surface area contributed by atoms with Crippen molar-refractivity contribution in [2.45, 2.75) is 13.0 Å². The maximum absolute atomic E-state index is 8.46. The first kappa shape index (κ1) is 6.92. The van der Waals surface area contributed by atoms with Gasteiger partial charge in [0.15, 0.2) is 0 Å². The third kappa shape index (κ3) is 2.60. The Morgan fingerprint density at radius 1 is 1.57 bits per heavy atom. The van der Waals surface area contributed by atoms with Crippen LogP contribution in [-0.2, 0) is 0 Å². The Morgan fingerprint density at radius 2 is 2.00 bits per heavy atom. The van der Waals surface area contributed by atoms with Gasteiger partial charge >= 0.3 is 0 Å². The maximum atomic E-state index is 8.46. The van der Waals surface area contributed by atoms with Gasteiger partial charge in [-0.25, -0.2) is 0 Å². The summed E-state index contributed by atoms with van der Waals surface area (Å²) in [5.74, 6) is 0. The van der Waals surface area contributed by atoms with E-state index >= 15 is 0 Å². The zero-order valence-corrected chi connectivity index (χ0v) is 5.18. The number of hydrogen-bond acceptors (Lipinski definition) is 2. The minimum absolute atomic E-state index is 0.243. The Kier molecular flexibility index (Phi) is 2.96. The molecule has 0 spiro atoms. The second-order valence-electron chi connectivity index (χ2n) is 2.00. The van der Waals surface area contributed by atoms with Crippen LogP contribution in [0.3, 0.4) is 0 Å². The van der Waals surface area contributed by atoms with Crippen LogP contribution >= 0.6 is 0 Å². The summed E-state index contributed by atoms with van der Waals surface area (Å²) in [7, 11) is 3.89. The van der Waals surface area contributed by atoms with Crippen molar-refractivity contribution in [2.75, 3.05) is 20.7 Å². The van der Waals surface area contributed by atoms with E-state index in [2.05, 4.69) is 0 Å². The number of aliphatic hydroxyl groups excluding tert-OH is 1. The largest absolute Gasteiger partial charge is 0.395 e. The lowest BCUT2D eigenvalue weighted by atomic mass is 10.3. The van der Waals surface area contributed by atoms with E-state index in [-0.39, 0.29) is 6.61 Å². The summed E-state index contributed by atoms with van der Waals surface area (Å²) >= 11 is 0. The fraction of sp³-hybridized carbons (Fsp3) is 1.00. The number of hydrogen-bond donors (Lipinski definition) is 1. The first-order valence-electron chi connectivity index (χ1n) is 2.45. The molecular formula is C5H13NO. The van der Waals surface area contributed by atoms with Crippen LogP contribution in [-0.4, -0.2) is 36.8 Å². The van der Waals surface area contributed by atoms with Crippen molar-refractivity contribution < 1.29 is 5.11 Å². The molecule has 0 saturated carbocycles. The average molecular weight is 103 g/mol. The number of nitrogens with zero attached hydrogens (tertiary/aromatic N) is 1. The Balaban J connectivity index is 3.14. The summed E-state index contributed by atoms with van der Waals surface area (Å²) in [6.45, 7) is 2.22. The summed E-state index contributed by atoms with van der Waals surface area (Å²) in [6.07, 6.45) is 0. The number of likely N-dealkylation sites (N-methyl/N-ethyl adjacent to an activating group) is 1. The molecule has 0 amide bonds. The van der Waals surface area contributed by atoms with Gasteiger partial charge in [-0.05, 0) is 21.0 Å². The van der Waals surface area contributed by atoms with Crippen molar-refractivity contribution in [1.29, 1.82) is 0 Å². The van der Waals surface area contributed by atoms with Crippen molar-refractivity contribution in [3.63, 3.8) is 0 Å². The van der Waals surface area contributed by atoms with Crippen LogP contribution in [0.25, 0.3) is 0 Å². The summed E-state index contributed by atoms with van der Waals surface area (Å²) in [5.41, 5.74) is 0. The molecule has 0 aromatic heterocycles. The van der Waals surface area contributed by atoms with Gasteiger partial charge in [-0.15, -0.1) is 0 Å². The Bertz CT molecular complexity index is 45.3. The fourth-order valence-electron chi connectivity index (χ4n) is 0.163. The third-order valence-electron chi connectivity index (χ3n) is 1.15. The van der Waals surface area contributed by atoms with Crippen LogP contribution in [0, 0.1) is 0 Å². The van der Waals surface area contributed by atoms with E-state index in [1.54, 1.807) is 0 Å². The van der Waals surface area contributed by atoms with Crippen molar-refractivity contribution in [2.24, 2.45) is 0 Å². The topological polar surface area (TPSA) is 23.5 Å². The summed E-state index contributed by atoms with van der Waals surface area (Å²) in [5, 5.41) is 8.46. The van der Waals surface area contributed by atoms with Crippen LogP contribution in [0.15, 0.2) is 0 Å². The molecular weight excluding hydrogens is 90.1 g/mol. The molecule has 0 unspecified atom stereocenters.